The van der Waals surface area contributed by atoms with Crippen molar-refractivity contribution in [3.05, 3.63) is 30.5 Å². The number of fused-ring (bicyclic) bond motifs is 3. The fourth-order valence-corrected chi connectivity index (χ4v) is 2.69. The first-order chi connectivity index (χ1) is 6.90. The van der Waals surface area contributed by atoms with Gasteiger partial charge in [-0.05, 0) is 6.07 Å². The summed E-state index contributed by atoms with van der Waals surface area (Å²) in [6.07, 6.45) is 1.66. The summed E-state index contributed by atoms with van der Waals surface area (Å²) >= 11 is 1.65. The van der Waals surface area contributed by atoms with Crippen LogP contribution in [0, 0.1) is 0 Å². The summed E-state index contributed by atoms with van der Waals surface area (Å²) in [6, 6.07) is 8.24. The normalized spacial score (nSPS) is 11.2. The molecule has 0 unspecified atom stereocenters. The molecule has 0 aliphatic heterocycles. The van der Waals surface area contributed by atoms with Crippen LogP contribution in [0.15, 0.2) is 34.9 Å². The Labute approximate surface area is 84.7 Å². The lowest BCUT2D eigenvalue weighted by Crippen LogP contribution is -1.77. The van der Waals surface area contributed by atoms with Gasteiger partial charge >= 0.3 is 0 Å². The maximum Gasteiger partial charge on any atom is 0.192 e. The van der Waals surface area contributed by atoms with Gasteiger partial charge in [-0.15, -0.1) is 0 Å². The van der Waals surface area contributed by atoms with Crippen molar-refractivity contribution in [1.29, 1.82) is 0 Å². The van der Waals surface area contributed by atoms with Crippen LogP contribution in [0.5, 0.6) is 5.75 Å². The smallest absolute Gasteiger partial charge is 0.192 e. The number of furan rings is 1. The Balaban J connectivity index is 2.54. The summed E-state index contributed by atoms with van der Waals surface area (Å²) in [6.45, 7) is 0. The minimum Gasteiger partial charge on any atom is -0.493 e. The first-order valence-corrected chi connectivity index (χ1v) is 5.14. The van der Waals surface area contributed by atoms with E-state index >= 15 is 0 Å². The summed E-state index contributed by atoms with van der Waals surface area (Å²) in [4.78, 5) is 0.933. The van der Waals surface area contributed by atoms with E-state index < -0.39 is 0 Å². The molecule has 0 amide bonds. The highest BCUT2D eigenvalue weighted by Gasteiger charge is 2.12. The Morgan fingerprint density at radius 3 is 3.00 bits per heavy atom. The molecule has 0 bridgehead atoms. The largest absolute Gasteiger partial charge is 0.493 e. The summed E-state index contributed by atoms with van der Waals surface area (Å²) in [5.41, 5.74) is 0. The topological polar surface area (TPSA) is 22.4 Å². The minimum atomic E-state index is 0.817. The fourth-order valence-electron chi connectivity index (χ4n) is 1.66. The average Bonchev–Trinajstić information content (AvgIpc) is 2.75. The van der Waals surface area contributed by atoms with Gasteiger partial charge in [0, 0.05) is 10.1 Å². The number of hydrogen-bond acceptors (Lipinski definition) is 3. The van der Waals surface area contributed by atoms with Crippen molar-refractivity contribution in [2.75, 3.05) is 7.11 Å². The van der Waals surface area contributed by atoms with E-state index in [1.54, 1.807) is 24.7 Å². The quantitative estimate of drug-likeness (QED) is 0.603. The second kappa shape index (κ2) is 2.75. The standard InChI is InChI=1S/C11H8O2S/c1-12-8-6-13-11-10(8)7-4-2-3-5-9(7)14-11/h2-6H,1H3. The van der Waals surface area contributed by atoms with E-state index in [0.717, 1.165) is 16.0 Å². The molecule has 3 aromatic rings. The van der Waals surface area contributed by atoms with Crippen molar-refractivity contribution >= 4 is 31.7 Å². The minimum absolute atomic E-state index is 0.817. The van der Waals surface area contributed by atoms with Gasteiger partial charge < -0.3 is 9.15 Å². The van der Waals surface area contributed by atoms with E-state index in [-0.39, 0.29) is 0 Å². The monoisotopic (exact) mass is 204 g/mol. The van der Waals surface area contributed by atoms with Gasteiger partial charge in [-0.3, -0.25) is 0 Å². The summed E-state index contributed by atoms with van der Waals surface area (Å²) in [5.74, 6) is 0.817. The summed E-state index contributed by atoms with van der Waals surface area (Å²) < 4.78 is 11.9. The highest BCUT2D eigenvalue weighted by atomic mass is 32.1. The van der Waals surface area contributed by atoms with Crippen molar-refractivity contribution in [3.8, 4) is 5.75 Å². The molecule has 1 aromatic carbocycles. The Kier molecular flexibility index (Phi) is 1.55. The third-order valence-electron chi connectivity index (χ3n) is 2.30. The molecule has 2 heterocycles. The molecule has 3 rings (SSSR count). The predicted octanol–water partition coefficient (Wildman–Crippen LogP) is 3.66. The molecule has 2 aromatic heterocycles. The van der Waals surface area contributed by atoms with Gasteiger partial charge in [-0.25, -0.2) is 0 Å². The van der Waals surface area contributed by atoms with Gasteiger partial charge in [0.05, 0.1) is 12.5 Å². The second-order valence-electron chi connectivity index (χ2n) is 3.06. The van der Waals surface area contributed by atoms with Crippen LogP contribution in [0.25, 0.3) is 20.4 Å². The molecule has 0 N–H and O–H groups in total. The zero-order valence-electron chi connectivity index (χ0n) is 7.61. The maximum atomic E-state index is 5.42. The molecule has 0 radical (unpaired) electrons. The Hall–Kier alpha value is -1.48. The second-order valence-corrected chi connectivity index (χ2v) is 4.08. The number of hydrogen-bond donors (Lipinski definition) is 0. The molecule has 0 spiro atoms. The van der Waals surface area contributed by atoms with E-state index in [2.05, 4.69) is 12.1 Å². The van der Waals surface area contributed by atoms with Crippen molar-refractivity contribution in [1.82, 2.24) is 0 Å². The molecule has 0 aliphatic rings. The van der Waals surface area contributed by atoms with E-state index in [4.69, 9.17) is 9.15 Å². The predicted molar refractivity (Wildman–Crippen MR) is 58.1 cm³/mol. The lowest BCUT2D eigenvalue weighted by Gasteiger charge is -1.93. The highest BCUT2D eigenvalue weighted by Crippen LogP contribution is 2.40. The molecule has 2 nitrogen and oxygen atoms in total. The number of thiophene rings is 1. The van der Waals surface area contributed by atoms with Gasteiger partial charge in [0.1, 0.15) is 6.26 Å². The van der Waals surface area contributed by atoms with Crippen molar-refractivity contribution in [3.63, 3.8) is 0 Å². The first-order valence-electron chi connectivity index (χ1n) is 4.33. The number of methoxy groups -OCH3 is 1. The molecule has 0 fully saturated rings. The number of ether oxygens (including phenoxy) is 1. The Bertz CT molecular complexity index is 591. The molecule has 70 valence electrons. The van der Waals surface area contributed by atoms with Crippen LogP contribution in [0.1, 0.15) is 0 Å². The van der Waals surface area contributed by atoms with E-state index in [1.807, 2.05) is 12.1 Å². The van der Waals surface area contributed by atoms with Crippen LogP contribution >= 0.6 is 11.3 Å². The van der Waals surface area contributed by atoms with Gasteiger partial charge in [-0.1, -0.05) is 29.5 Å². The maximum absolute atomic E-state index is 5.42. The molecule has 0 saturated heterocycles. The van der Waals surface area contributed by atoms with Crippen molar-refractivity contribution in [2.45, 2.75) is 0 Å². The van der Waals surface area contributed by atoms with Crippen LogP contribution in [-0.2, 0) is 0 Å². The highest BCUT2D eigenvalue weighted by molar-refractivity contribution is 7.25. The third kappa shape index (κ3) is 0.902. The van der Waals surface area contributed by atoms with E-state index in [9.17, 15) is 0 Å². The van der Waals surface area contributed by atoms with E-state index in [0.29, 0.717) is 0 Å². The van der Waals surface area contributed by atoms with Gasteiger partial charge in [0.25, 0.3) is 0 Å². The van der Waals surface area contributed by atoms with Gasteiger partial charge in [-0.2, -0.15) is 0 Å². The molecular formula is C11H8O2S. The SMILES string of the molecule is COc1coc2sc3ccccc3c12. The molecule has 0 saturated carbocycles. The zero-order valence-corrected chi connectivity index (χ0v) is 8.43. The Morgan fingerprint density at radius 2 is 2.14 bits per heavy atom. The van der Waals surface area contributed by atoms with Crippen LogP contribution in [0.2, 0.25) is 0 Å². The van der Waals surface area contributed by atoms with Gasteiger partial charge in [0.15, 0.2) is 10.6 Å². The Morgan fingerprint density at radius 1 is 1.29 bits per heavy atom. The fraction of sp³-hybridized carbons (Fsp3) is 0.0909. The lowest BCUT2D eigenvalue weighted by molar-refractivity contribution is 0.410. The third-order valence-corrected chi connectivity index (χ3v) is 3.36. The number of benzene rings is 1. The molecule has 3 heteroatoms. The molecule has 0 aliphatic carbocycles. The van der Waals surface area contributed by atoms with Crippen LogP contribution < -0.4 is 4.74 Å². The average molecular weight is 204 g/mol. The molecule has 0 atom stereocenters. The summed E-state index contributed by atoms with van der Waals surface area (Å²) in [5, 5.41) is 2.30. The van der Waals surface area contributed by atoms with Crippen molar-refractivity contribution < 1.29 is 9.15 Å². The van der Waals surface area contributed by atoms with Gasteiger partial charge in [0.2, 0.25) is 0 Å². The van der Waals surface area contributed by atoms with Crippen molar-refractivity contribution in [2.24, 2.45) is 0 Å². The number of rotatable bonds is 1. The van der Waals surface area contributed by atoms with E-state index in [1.165, 1.54) is 10.1 Å². The van der Waals surface area contributed by atoms with Crippen LogP contribution in [-0.4, -0.2) is 7.11 Å². The zero-order chi connectivity index (χ0) is 9.54. The lowest BCUT2D eigenvalue weighted by atomic mass is 10.2. The van der Waals surface area contributed by atoms with Crippen LogP contribution in [0.3, 0.4) is 0 Å². The van der Waals surface area contributed by atoms with Crippen LogP contribution in [0.4, 0.5) is 0 Å². The first kappa shape index (κ1) is 7.88. The molecule has 14 heavy (non-hydrogen) atoms. The molecular weight excluding hydrogens is 196 g/mol. The summed E-state index contributed by atoms with van der Waals surface area (Å²) in [7, 11) is 1.66.